The number of unbranched alkanes of at least 4 members (excludes halogenated alkanes) is 3. The van der Waals surface area contributed by atoms with Crippen molar-refractivity contribution in [1.82, 2.24) is 0 Å². The van der Waals surface area contributed by atoms with Crippen LogP contribution in [0.4, 0.5) is 5.69 Å². The molecule has 5 heteroatoms. The molecule has 0 saturated carbocycles. The number of amides is 1. The summed E-state index contributed by atoms with van der Waals surface area (Å²) in [7, 11) is 0. The standard InChI is InChI=1S/C26H32N2O3/c1-5-7-8-9-15-31-24-14-13-21(17-25(24)30-6-2)16-22(18-27)26(29)28-23-12-10-11-19(3)20(23)4/h10-14,16-17H,5-9,15H2,1-4H3,(H,28,29). The van der Waals surface area contributed by atoms with E-state index in [9.17, 15) is 10.1 Å². The van der Waals surface area contributed by atoms with E-state index in [4.69, 9.17) is 9.47 Å². The number of hydrogen-bond donors (Lipinski definition) is 1. The molecule has 0 aromatic heterocycles. The molecular formula is C26H32N2O3. The van der Waals surface area contributed by atoms with Crippen LogP contribution in [-0.4, -0.2) is 19.1 Å². The summed E-state index contributed by atoms with van der Waals surface area (Å²) in [5.41, 5.74) is 3.48. The Morgan fingerprint density at radius 2 is 1.87 bits per heavy atom. The highest BCUT2D eigenvalue weighted by Gasteiger charge is 2.13. The maximum Gasteiger partial charge on any atom is 0.266 e. The number of nitrogens with one attached hydrogen (secondary N) is 1. The fourth-order valence-electron chi connectivity index (χ4n) is 3.10. The normalized spacial score (nSPS) is 11.0. The summed E-state index contributed by atoms with van der Waals surface area (Å²) in [4.78, 5) is 12.7. The van der Waals surface area contributed by atoms with E-state index in [1.807, 2.05) is 57.2 Å². The number of rotatable bonds is 11. The molecule has 2 aromatic rings. The molecule has 1 amide bonds. The van der Waals surface area contributed by atoms with Crippen molar-refractivity contribution >= 4 is 17.7 Å². The third kappa shape index (κ3) is 7.18. The smallest absolute Gasteiger partial charge is 0.266 e. The fraction of sp³-hybridized carbons (Fsp3) is 0.385. The Morgan fingerprint density at radius 3 is 2.58 bits per heavy atom. The van der Waals surface area contributed by atoms with E-state index in [-0.39, 0.29) is 5.57 Å². The molecule has 0 saturated heterocycles. The third-order valence-electron chi connectivity index (χ3n) is 5.05. The van der Waals surface area contributed by atoms with Gasteiger partial charge in [-0.1, -0.05) is 44.4 Å². The summed E-state index contributed by atoms with van der Waals surface area (Å²) in [6, 6.07) is 13.1. The van der Waals surface area contributed by atoms with E-state index in [1.54, 1.807) is 12.1 Å². The lowest BCUT2D eigenvalue weighted by atomic mass is 10.1. The largest absolute Gasteiger partial charge is 0.490 e. The van der Waals surface area contributed by atoms with Crippen LogP contribution in [-0.2, 0) is 4.79 Å². The first-order valence-corrected chi connectivity index (χ1v) is 10.9. The lowest BCUT2D eigenvalue weighted by molar-refractivity contribution is -0.112. The van der Waals surface area contributed by atoms with Gasteiger partial charge >= 0.3 is 0 Å². The van der Waals surface area contributed by atoms with E-state index in [1.165, 1.54) is 12.8 Å². The van der Waals surface area contributed by atoms with Crippen LogP contribution in [0, 0.1) is 25.2 Å². The topological polar surface area (TPSA) is 71.3 Å². The summed E-state index contributed by atoms with van der Waals surface area (Å²) < 4.78 is 11.6. The molecule has 0 heterocycles. The van der Waals surface area contributed by atoms with E-state index < -0.39 is 5.91 Å². The maximum absolute atomic E-state index is 12.7. The minimum atomic E-state index is -0.439. The number of benzene rings is 2. The molecule has 2 aromatic carbocycles. The molecule has 0 aliphatic heterocycles. The van der Waals surface area contributed by atoms with Crippen LogP contribution in [0.5, 0.6) is 11.5 Å². The summed E-state index contributed by atoms with van der Waals surface area (Å²) in [5.74, 6) is 0.846. The van der Waals surface area contributed by atoms with Crippen molar-refractivity contribution in [1.29, 1.82) is 5.26 Å². The molecule has 0 aliphatic carbocycles. The molecule has 0 aliphatic rings. The Bertz CT molecular complexity index is 958. The Kier molecular flexibility index (Phi) is 9.64. The predicted octanol–water partition coefficient (Wildman–Crippen LogP) is 6.21. The monoisotopic (exact) mass is 420 g/mol. The van der Waals surface area contributed by atoms with Crippen molar-refractivity contribution in [3.05, 3.63) is 58.7 Å². The number of nitriles is 1. The van der Waals surface area contributed by atoms with Gasteiger partial charge in [-0.3, -0.25) is 4.79 Å². The van der Waals surface area contributed by atoms with Crippen molar-refractivity contribution in [3.63, 3.8) is 0 Å². The molecule has 0 atom stereocenters. The number of carbonyl (C=O) groups is 1. The Labute approximate surface area is 185 Å². The van der Waals surface area contributed by atoms with Crippen molar-refractivity contribution in [2.75, 3.05) is 18.5 Å². The molecular weight excluding hydrogens is 388 g/mol. The molecule has 5 nitrogen and oxygen atoms in total. The van der Waals surface area contributed by atoms with Crippen LogP contribution in [0.2, 0.25) is 0 Å². The maximum atomic E-state index is 12.7. The number of hydrogen-bond acceptors (Lipinski definition) is 4. The molecule has 31 heavy (non-hydrogen) atoms. The predicted molar refractivity (Wildman–Crippen MR) is 125 cm³/mol. The highest BCUT2D eigenvalue weighted by atomic mass is 16.5. The summed E-state index contributed by atoms with van der Waals surface area (Å²) in [6.07, 6.45) is 6.09. The molecule has 2 rings (SSSR count). The van der Waals surface area contributed by atoms with Gasteiger partial charge in [0.1, 0.15) is 11.6 Å². The van der Waals surface area contributed by atoms with Gasteiger partial charge in [-0.2, -0.15) is 5.26 Å². The molecule has 164 valence electrons. The van der Waals surface area contributed by atoms with Crippen molar-refractivity contribution in [2.24, 2.45) is 0 Å². The lowest BCUT2D eigenvalue weighted by Crippen LogP contribution is -2.14. The minimum absolute atomic E-state index is 0.0246. The van der Waals surface area contributed by atoms with Gasteiger partial charge in [0.05, 0.1) is 13.2 Å². The molecule has 0 unspecified atom stereocenters. The second-order valence-electron chi connectivity index (χ2n) is 7.42. The molecule has 0 bridgehead atoms. The van der Waals surface area contributed by atoms with Gasteiger partial charge in [-0.25, -0.2) is 0 Å². The quantitative estimate of drug-likeness (QED) is 0.267. The van der Waals surface area contributed by atoms with E-state index in [0.29, 0.717) is 36.0 Å². The number of aryl methyl sites for hydroxylation is 1. The zero-order valence-electron chi connectivity index (χ0n) is 19.0. The number of ether oxygens (including phenoxy) is 2. The van der Waals surface area contributed by atoms with E-state index in [2.05, 4.69) is 12.2 Å². The second-order valence-corrected chi connectivity index (χ2v) is 7.42. The number of nitrogens with zero attached hydrogens (tertiary/aromatic N) is 1. The highest BCUT2D eigenvalue weighted by Crippen LogP contribution is 2.30. The fourth-order valence-corrected chi connectivity index (χ4v) is 3.10. The van der Waals surface area contributed by atoms with Gasteiger partial charge in [-0.05, 0) is 68.2 Å². The molecule has 0 spiro atoms. The van der Waals surface area contributed by atoms with Crippen LogP contribution in [0.1, 0.15) is 56.2 Å². The number of carbonyl (C=O) groups excluding carboxylic acids is 1. The molecule has 0 fully saturated rings. The van der Waals surface area contributed by atoms with Gasteiger partial charge in [0, 0.05) is 5.69 Å². The van der Waals surface area contributed by atoms with Crippen LogP contribution in [0.3, 0.4) is 0 Å². The average molecular weight is 421 g/mol. The van der Waals surface area contributed by atoms with Crippen molar-refractivity contribution in [3.8, 4) is 17.6 Å². The third-order valence-corrected chi connectivity index (χ3v) is 5.05. The van der Waals surface area contributed by atoms with Crippen molar-refractivity contribution in [2.45, 2.75) is 53.4 Å². The van der Waals surface area contributed by atoms with Gasteiger partial charge in [0.2, 0.25) is 0 Å². The lowest BCUT2D eigenvalue weighted by Gasteiger charge is -2.13. The number of anilines is 1. The molecule has 0 radical (unpaired) electrons. The van der Waals surface area contributed by atoms with Crippen LogP contribution in [0.25, 0.3) is 6.08 Å². The molecule has 1 N–H and O–H groups in total. The van der Waals surface area contributed by atoms with Crippen LogP contribution in [0.15, 0.2) is 42.0 Å². The van der Waals surface area contributed by atoms with E-state index in [0.717, 1.165) is 24.0 Å². The summed E-state index contributed by atoms with van der Waals surface area (Å²) in [6.45, 7) is 9.14. The summed E-state index contributed by atoms with van der Waals surface area (Å²) in [5, 5.41) is 12.4. The first-order valence-electron chi connectivity index (χ1n) is 10.9. The average Bonchev–Trinajstić information content (AvgIpc) is 2.76. The summed E-state index contributed by atoms with van der Waals surface area (Å²) >= 11 is 0. The van der Waals surface area contributed by atoms with Gasteiger partial charge in [0.15, 0.2) is 11.5 Å². The van der Waals surface area contributed by atoms with Gasteiger partial charge in [-0.15, -0.1) is 0 Å². The van der Waals surface area contributed by atoms with Crippen LogP contribution >= 0.6 is 0 Å². The minimum Gasteiger partial charge on any atom is -0.490 e. The zero-order chi connectivity index (χ0) is 22.6. The Morgan fingerprint density at radius 1 is 1.06 bits per heavy atom. The van der Waals surface area contributed by atoms with Gasteiger partial charge in [0.25, 0.3) is 5.91 Å². The first-order chi connectivity index (χ1) is 15.0. The zero-order valence-corrected chi connectivity index (χ0v) is 19.0. The van der Waals surface area contributed by atoms with E-state index >= 15 is 0 Å². The van der Waals surface area contributed by atoms with Gasteiger partial charge < -0.3 is 14.8 Å². The van der Waals surface area contributed by atoms with Crippen molar-refractivity contribution < 1.29 is 14.3 Å². The Hall–Kier alpha value is -3.26. The highest BCUT2D eigenvalue weighted by molar-refractivity contribution is 6.10. The SMILES string of the molecule is CCCCCCOc1ccc(C=C(C#N)C(=O)Nc2cccc(C)c2C)cc1OCC. The first kappa shape index (κ1) is 24.0. The van der Waals surface area contributed by atoms with Crippen LogP contribution < -0.4 is 14.8 Å². The second kappa shape index (κ2) is 12.4. The Balaban J connectivity index is 2.17.